The van der Waals surface area contributed by atoms with E-state index in [1.165, 1.54) is 55.7 Å². The fourth-order valence-electron chi connectivity index (χ4n) is 7.59. The molecule has 0 aromatic heterocycles. The van der Waals surface area contributed by atoms with Crippen molar-refractivity contribution < 1.29 is 15.6 Å². The number of rotatable bonds is 7. The smallest absolute Gasteiger partial charge is 0.0178 e. The maximum absolute atomic E-state index is 8.16. The van der Waals surface area contributed by atoms with Crippen molar-refractivity contribution in [2.24, 2.45) is 5.73 Å². The van der Waals surface area contributed by atoms with E-state index < -0.39 is 15.6 Å². The monoisotopic (exact) mass is 735 g/mol. The maximum Gasteiger partial charge on any atom is 0.0178 e. The standard InChI is InChI=1S/2C17H15.C7H8N.2ClH.H3Si.Zr/c2*1-2-13-11-15-9-6-10-16(17(15)12-13)14-7-4-3-5-8-14;8-6-7-4-2-1-3-5-7;;;;/h2*3-12H,2H2,1H3;2-5H,6,8H2;2*1H;1H3;/q;;;;;;+2/p-2. The molecule has 0 amide bonds. The number of nitrogens with two attached hydrogens (primary N) is 1. The van der Waals surface area contributed by atoms with Gasteiger partial charge < -0.3 is 5.73 Å². The van der Waals surface area contributed by atoms with Crippen molar-refractivity contribution >= 4 is 36.5 Å². The second kappa shape index (κ2) is 13.8. The molecule has 5 aromatic rings. The average Bonchev–Trinajstić information content (AvgIpc) is 3.70. The molecule has 2 unspecified atom stereocenters. The van der Waals surface area contributed by atoms with E-state index in [1.54, 1.807) is 0 Å². The summed E-state index contributed by atoms with van der Waals surface area (Å²) in [6.45, 7) is 5.15. The molecule has 2 N–H and O–H groups in total. The third-order valence-electron chi connectivity index (χ3n) is 9.66. The van der Waals surface area contributed by atoms with Crippen molar-refractivity contribution in [3.8, 4) is 22.3 Å². The van der Waals surface area contributed by atoms with Gasteiger partial charge in [-0.15, -0.1) is 0 Å². The molecule has 232 valence electrons. The quantitative estimate of drug-likeness (QED) is 0.165. The van der Waals surface area contributed by atoms with Gasteiger partial charge in [0.1, 0.15) is 0 Å². The van der Waals surface area contributed by atoms with Crippen molar-refractivity contribution in [2.45, 2.75) is 40.5 Å². The van der Waals surface area contributed by atoms with Crippen LogP contribution < -0.4 is 5.73 Å². The summed E-state index contributed by atoms with van der Waals surface area (Å²) in [7, 11) is 17.1. The topological polar surface area (TPSA) is 26.0 Å². The molecule has 0 aliphatic heterocycles. The van der Waals surface area contributed by atoms with Gasteiger partial charge in [-0.05, 0) is 11.6 Å². The van der Waals surface area contributed by atoms with Crippen LogP contribution >= 0.6 is 17.0 Å². The Balaban J connectivity index is 0.000000407. The molecular weight excluding hydrogens is 697 g/mol. The third kappa shape index (κ3) is 6.26. The van der Waals surface area contributed by atoms with Gasteiger partial charge >= 0.3 is 239 Å². The maximum atomic E-state index is 8.16. The zero-order valence-electron chi connectivity index (χ0n) is 26.8. The SMILES string of the molecule is CCC1=Cc2c(-c3ccccc3)cccc2[CH]1[Zr]([SiH3])([Cl])([Cl])[CH]1C(CC)=Cc2c(-c3ccccc3)cccc21.NCc1cc[c]cc1. The molecule has 2 aliphatic rings. The van der Waals surface area contributed by atoms with Crippen molar-refractivity contribution in [1.82, 2.24) is 0 Å². The first-order valence-corrected chi connectivity index (χ1v) is 33.8. The Morgan fingerprint density at radius 3 is 1.43 bits per heavy atom. The average molecular weight is 738 g/mol. The van der Waals surface area contributed by atoms with E-state index in [9.17, 15) is 0 Å². The van der Waals surface area contributed by atoms with E-state index in [2.05, 4.69) is 129 Å². The number of hydrogen-bond acceptors (Lipinski definition) is 1. The number of benzene rings is 5. The van der Waals surface area contributed by atoms with Gasteiger partial charge in [0.05, 0.1) is 0 Å². The van der Waals surface area contributed by atoms with Gasteiger partial charge in [0.25, 0.3) is 0 Å². The first-order chi connectivity index (χ1) is 22.3. The Labute approximate surface area is 284 Å². The van der Waals surface area contributed by atoms with Gasteiger partial charge in [-0.3, -0.25) is 0 Å². The van der Waals surface area contributed by atoms with Crippen LogP contribution in [0.2, 0.25) is 0 Å². The predicted molar refractivity (Wildman–Crippen MR) is 201 cm³/mol. The fraction of sp³-hybridized carbons (Fsp3) is 0.171. The first kappa shape index (κ1) is 33.1. The molecule has 2 aliphatic carbocycles. The number of halogens is 2. The van der Waals surface area contributed by atoms with Crippen LogP contribution in [0.15, 0.2) is 132 Å². The molecule has 0 bridgehead atoms. The van der Waals surface area contributed by atoms with Crippen LogP contribution in [0.25, 0.3) is 34.4 Å². The molecule has 7 rings (SSSR count). The molecule has 5 heteroatoms. The largest absolute Gasteiger partial charge is 0.326 e. The summed E-state index contributed by atoms with van der Waals surface area (Å²) < 4.78 is 0.280. The zero-order chi connectivity index (χ0) is 32.3. The summed E-state index contributed by atoms with van der Waals surface area (Å²) in [6, 6.07) is 45.5. The van der Waals surface area contributed by atoms with Gasteiger partial charge in [-0.1, -0.05) is 24.3 Å². The van der Waals surface area contributed by atoms with Crippen LogP contribution in [0.4, 0.5) is 0 Å². The van der Waals surface area contributed by atoms with Crippen LogP contribution in [0.3, 0.4) is 0 Å². The Morgan fingerprint density at radius 1 is 0.630 bits per heavy atom. The van der Waals surface area contributed by atoms with Crippen LogP contribution in [0, 0.1) is 6.07 Å². The van der Waals surface area contributed by atoms with Gasteiger partial charge in [0.15, 0.2) is 0 Å². The predicted octanol–water partition coefficient (Wildman–Crippen LogP) is 10.6. The van der Waals surface area contributed by atoms with Gasteiger partial charge in [-0.25, -0.2) is 0 Å². The molecule has 46 heavy (non-hydrogen) atoms. The Bertz CT molecular complexity index is 1780. The molecule has 0 saturated carbocycles. The molecule has 5 aromatic carbocycles. The Kier molecular flexibility index (Phi) is 9.91. The Hall–Kier alpha value is -2.78. The van der Waals surface area contributed by atoms with Crippen LogP contribution in [0.1, 0.15) is 61.8 Å². The molecular formula is C41H41Cl2NSiZr. The molecule has 0 fully saturated rings. The molecule has 1 nitrogen and oxygen atoms in total. The minimum absolute atomic E-state index is 0.140. The van der Waals surface area contributed by atoms with Crippen molar-refractivity contribution in [2.75, 3.05) is 0 Å². The number of hydrogen-bond donors (Lipinski definition) is 1. The van der Waals surface area contributed by atoms with Crippen molar-refractivity contribution in [3.63, 3.8) is 0 Å². The van der Waals surface area contributed by atoms with Gasteiger partial charge in [-0.2, -0.15) is 0 Å². The minimum atomic E-state index is -4.50. The summed E-state index contributed by atoms with van der Waals surface area (Å²) in [4.78, 5) is 0. The fourth-order valence-corrected chi connectivity index (χ4v) is 33.1. The van der Waals surface area contributed by atoms with Crippen LogP contribution in [-0.2, 0) is 22.1 Å². The van der Waals surface area contributed by atoms with Crippen molar-refractivity contribution in [1.29, 1.82) is 0 Å². The molecule has 0 heterocycles. The summed E-state index contributed by atoms with van der Waals surface area (Å²) in [5, 5.41) is 0. The number of fused-ring (bicyclic) bond motifs is 2. The van der Waals surface area contributed by atoms with Gasteiger partial charge in [0.2, 0.25) is 0 Å². The minimum Gasteiger partial charge on any atom is -0.326 e. The molecule has 1 radical (unpaired) electrons. The normalized spacial score (nSPS) is 17.5. The van der Waals surface area contributed by atoms with E-state index in [-0.39, 0.29) is 7.25 Å². The number of allylic oxidation sites excluding steroid dienone is 2. The van der Waals surface area contributed by atoms with Gasteiger partial charge in [0, 0.05) is 6.54 Å². The molecule has 0 saturated heterocycles. The summed E-state index contributed by atoms with van der Waals surface area (Å²) in [5.41, 5.74) is 19.7. The van der Waals surface area contributed by atoms with Crippen molar-refractivity contribution in [3.05, 3.63) is 166 Å². The summed E-state index contributed by atoms with van der Waals surface area (Å²) in [6.07, 6.45) is 6.77. The second-order valence-corrected chi connectivity index (χ2v) is 56.7. The van der Waals surface area contributed by atoms with E-state index in [0.717, 1.165) is 25.8 Å². The summed E-state index contributed by atoms with van der Waals surface area (Å²) >= 11 is -4.50. The second-order valence-electron chi connectivity index (χ2n) is 12.6. The molecule has 2 atom stereocenters. The van der Waals surface area contributed by atoms with E-state index in [0.29, 0.717) is 6.54 Å². The first-order valence-electron chi connectivity index (χ1n) is 16.3. The Morgan fingerprint density at radius 2 is 1.07 bits per heavy atom. The van der Waals surface area contributed by atoms with E-state index in [1.807, 2.05) is 24.3 Å². The van der Waals surface area contributed by atoms with E-state index >= 15 is 0 Å². The third-order valence-corrected chi connectivity index (χ3v) is 31.6. The van der Waals surface area contributed by atoms with Crippen LogP contribution in [0.5, 0.6) is 0 Å². The molecule has 0 spiro atoms. The zero-order valence-corrected chi connectivity index (χ0v) is 32.8. The summed E-state index contributed by atoms with van der Waals surface area (Å²) in [5.74, 6) is 0. The van der Waals surface area contributed by atoms with Crippen LogP contribution in [-0.4, -0.2) is 7.37 Å². The van der Waals surface area contributed by atoms with E-state index in [4.69, 9.17) is 22.8 Å².